The topological polar surface area (TPSA) is 78.9 Å². The fourth-order valence-corrected chi connectivity index (χ4v) is 4.19. The van der Waals surface area contributed by atoms with Gasteiger partial charge in [0.2, 0.25) is 0 Å². The van der Waals surface area contributed by atoms with Crippen molar-refractivity contribution in [3.63, 3.8) is 0 Å². The summed E-state index contributed by atoms with van der Waals surface area (Å²) < 4.78 is 37.9. The second-order valence-electron chi connectivity index (χ2n) is 7.66. The summed E-state index contributed by atoms with van der Waals surface area (Å²) in [5.74, 6) is -2.24. The zero-order valence-electron chi connectivity index (χ0n) is 18.3. The monoisotopic (exact) mass is 526 g/mol. The number of anilines is 1. The van der Waals surface area contributed by atoms with E-state index < -0.39 is 12.1 Å². The average molecular weight is 527 g/mol. The molecule has 0 spiro atoms. The molecule has 2 heterocycles. The van der Waals surface area contributed by atoms with Crippen molar-refractivity contribution >= 4 is 40.5 Å². The lowest BCUT2D eigenvalue weighted by atomic mass is 10.2. The highest BCUT2D eigenvalue weighted by atomic mass is 35.5. The molecule has 1 atom stereocenters. The first kappa shape index (κ1) is 26.5. The summed E-state index contributed by atoms with van der Waals surface area (Å²) in [4.78, 5) is 23.4. The predicted octanol–water partition coefficient (Wildman–Crippen LogP) is 5.94. The van der Waals surface area contributed by atoms with E-state index in [-0.39, 0.29) is 12.0 Å². The molecule has 1 aliphatic heterocycles. The number of carbonyl (C=O) groups is 2. The summed E-state index contributed by atoms with van der Waals surface area (Å²) in [6.07, 6.45) is -3.99. The molecule has 0 saturated carbocycles. The maximum Gasteiger partial charge on any atom is 0.490 e. The van der Waals surface area contributed by atoms with Gasteiger partial charge in [0.1, 0.15) is 11.9 Å². The number of amides is 1. The van der Waals surface area contributed by atoms with Crippen molar-refractivity contribution in [3.8, 4) is 5.75 Å². The van der Waals surface area contributed by atoms with Crippen LogP contribution in [0.25, 0.3) is 0 Å². The third kappa shape index (κ3) is 8.27. The Balaban J connectivity index is 0.000000429. The number of ether oxygens (including phenoxy) is 1. The van der Waals surface area contributed by atoms with Crippen molar-refractivity contribution in [1.82, 2.24) is 4.90 Å². The molecule has 2 aromatic carbocycles. The molecular formula is C24H22ClF3N2O4S. The minimum absolute atomic E-state index is 0.118. The Labute approximate surface area is 208 Å². The highest BCUT2D eigenvalue weighted by Gasteiger charge is 2.38. The molecule has 4 rings (SSSR count). The van der Waals surface area contributed by atoms with E-state index in [9.17, 15) is 18.0 Å². The van der Waals surface area contributed by atoms with Crippen molar-refractivity contribution in [3.05, 3.63) is 81.5 Å². The van der Waals surface area contributed by atoms with Crippen molar-refractivity contribution in [2.24, 2.45) is 0 Å². The number of thiophene rings is 1. The lowest BCUT2D eigenvalue weighted by Crippen LogP contribution is -2.24. The molecule has 3 aromatic rings. The number of carboxylic acid groups (broad SMARTS) is 1. The number of hydrogen-bond acceptors (Lipinski definition) is 5. The lowest BCUT2D eigenvalue weighted by Gasteiger charge is -2.18. The number of rotatable bonds is 6. The summed E-state index contributed by atoms with van der Waals surface area (Å²) in [6.45, 7) is 2.82. The number of halogens is 4. The number of benzene rings is 2. The maximum absolute atomic E-state index is 12.2. The molecule has 0 bridgehead atoms. The van der Waals surface area contributed by atoms with E-state index >= 15 is 0 Å². The summed E-state index contributed by atoms with van der Waals surface area (Å²) in [5, 5.41) is 14.2. The predicted molar refractivity (Wildman–Crippen MR) is 128 cm³/mol. The van der Waals surface area contributed by atoms with E-state index in [1.165, 1.54) is 16.9 Å². The van der Waals surface area contributed by atoms with Crippen molar-refractivity contribution in [2.75, 3.05) is 18.4 Å². The van der Waals surface area contributed by atoms with Crippen LogP contribution in [0.5, 0.6) is 5.75 Å². The van der Waals surface area contributed by atoms with Crippen molar-refractivity contribution in [1.29, 1.82) is 0 Å². The Kier molecular flexibility index (Phi) is 9.13. The molecule has 1 saturated heterocycles. The Bertz CT molecular complexity index is 1130. The highest BCUT2D eigenvalue weighted by molar-refractivity contribution is 7.08. The third-order valence-electron chi connectivity index (χ3n) is 4.99. The number of hydrogen-bond donors (Lipinski definition) is 2. The van der Waals surface area contributed by atoms with Crippen LogP contribution >= 0.6 is 22.9 Å². The molecule has 1 amide bonds. The second-order valence-corrected chi connectivity index (χ2v) is 8.85. The molecule has 0 aliphatic carbocycles. The van der Waals surface area contributed by atoms with E-state index in [0.29, 0.717) is 22.0 Å². The summed E-state index contributed by atoms with van der Waals surface area (Å²) in [5.41, 5.74) is 2.61. The number of nitrogens with one attached hydrogen (secondary N) is 1. The Morgan fingerprint density at radius 3 is 2.49 bits per heavy atom. The van der Waals surface area contributed by atoms with Crippen LogP contribution in [0.1, 0.15) is 22.3 Å². The van der Waals surface area contributed by atoms with Gasteiger partial charge in [0.05, 0.1) is 10.6 Å². The number of carboxylic acids is 1. The van der Waals surface area contributed by atoms with Gasteiger partial charge in [-0.1, -0.05) is 41.9 Å². The Morgan fingerprint density at radius 2 is 1.89 bits per heavy atom. The maximum atomic E-state index is 12.2. The second kappa shape index (κ2) is 12.1. The molecule has 2 N–H and O–H groups in total. The van der Waals surface area contributed by atoms with Gasteiger partial charge in [-0.05, 0) is 41.6 Å². The molecule has 35 heavy (non-hydrogen) atoms. The van der Waals surface area contributed by atoms with E-state index in [1.54, 1.807) is 12.1 Å². The average Bonchev–Trinajstić information content (AvgIpc) is 3.49. The minimum Gasteiger partial charge on any atom is -0.487 e. The van der Waals surface area contributed by atoms with Gasteiger partial charge in [-0.2, -0.15) is 24.5 Å². The number of aliphatic carboxylic acids is 1. The normalized spacial score (nSPS) is 15.7. The van der Waals surface area contributed by atoms with Crippen LogP contribution in [0, 0.1) is 0 Å². The van der Waals surface area contributed by atoms with Gasteiger partial charge in [-0.15, -0.1) is 0 Å². The van der Waals surface area contributed by atoms with E-state index in [0.717, 1.165) is 26.1 Å². The van der Waals surface area contributed by atoms with Crippen LogP contribution in [0.2, 0.25) is 5.02 Å². The van der Waals surface area contributed by atoms with Crippen LogP contribution in [-0.2, 0) is 11.3 Å². The first-order valence-corrected chi connectivity index (χ1v) is 11.8. The zero-order chi connectivity index (χ0) is 25.4. The first-order chi connectivity index (χ1) is 16.6. The van der Waals surface area contributed by atoms with Gasteiger partial charge in [-0.25, -0.2) is 4.79 Å². The molecule has 1 aliphatic rings. The van der Waals surface area contributed by atoms with Crippen molar-refractivity contribution in [2.45, 2.75) is 25.2 Å². The lowest BCUT2D eigenvalue weighted by molar-refractivity contribution is -0.192. The van der Waals surface area contributed by atoms with Gasteiger partial charge < -0.3 is 15.2 Å². The van der Waals surface area contributed by atoms with Gasteiger partial charge in [0.15, 0.2) is 0 Å². The van der Waals surface area contributed by atoms with E-state index in [4.69, 9.17) is 26.2 Å². The van der Waals surface area contributed by atoms with Crippen LogP contribution < -0.4 is 10.1 Å². The molecule has 1 aromatic heterocycles. The Hall–Kier alpha value is -3.08. The van der Waals surface area contributed by atoms with Gasteiger partial charge in [0, 0.05) is 30.7 Å². The number of carbonyl (C=O) groups excluding carboxylic acids is 1. The van der Waals surface area contributed by atoms with Crippen LogP contribution in [0.15, 0.2) is 65.4 Å². The fourth-order valence-electron chi connectivity index (χ4n) is 3.33. The zero-order valence-corrected chi connectivity index (χ0v) is 19.9. The van der Waals surface area contributed by atoms with Crippen LogP contribution in [0.4, 0.5) is 18.9 Å². The molecule has 1 unspecified atom stereocenters. The first-order valence-electron chi connectivity index (χ1n) is 10.5. The summed E-state index contributed by atoms with van der Waals surface area (Å²) in [7, 11) is 0. The Morgan fingerprint density at radius 1 is 1.17 bits per heavy atom. The van der Waals surface area contributed by atoms with Crippen molar-refractivity contribution < 1.29 is 32.6 Å². The largest absolute Gasteiger partial charge is 0.490 e. The van der Waals surface area contributed by atoms with E-state index in [2.05, 4.69) is 34.5 Å². The van der Waals surface area contributed by atoms with Crippen LogP contribution in [-0.4, -0.2) is 47.3 Å². The molecule has 1 fully saturated rings. The van der Waals surface area contributed by atoms with Gasteiger partial charge in [-0.3, -0.25) is 9.69 Å². The standard InChI is InChI=1S/C22H21ClN2O2S.C2HF3O2/c23-20-12-18(24-22(26)17-9-11-28-15-17)6-7-21(20)27-19-8-10-25(14-19)13-16-4-2-1-3-5-16;3-2(4,5)1(6)7/h1-7,9,11-12,15,19H,8,10,13-14H2,(H,24,26);(H,6,7). The van der Waals surface area contributed by atoms with Crippen LogP contribution in [0.3, 0.4) is 0 Å². The molecular weight excluding hydrogens is 505 g/mol. The molecule has 186 valence electrons. The third-order valence-corrected chi connectivity index (χ3v) is 5.97. The molecule has 6 nitrogen and oxygen atoms in total. The smallest absolute Gasteiger partial charge is 0.487 e. The summed E-state index contributed by atoms with van der Waals surface area (Å²) in [6, 6.07) is 17.6. The minimum atomic E-state index is -5.08. The number of likely N-dealkylation sites (tertiary alicyclic amines) is 1. The highest BCUT2D eigenvalue weighted by Crippen LogP contribution is 2.30. The summed E-state index contributed by atoms with van der Waals surface area (Å²) >= 11 is 7.89. The molecule has 0 radical (unpaired) electrons. The quantitative estimate of drug-likeness (QED) is 0.415. The number of nitrogens with zero attached hydrogens (tertiary/aromatic N) is 1. The van der Waals surface area contributed by atoms with E-state index in [1.807, 2.05) is 29.0 Å². The van der Waals surface area contributed by atoms with Gasteiger partial charge >= 0.3 is 12.1 Å². The van der Waals surface area contributed by atoms with Gasteiger partial charge in [0.25, 0.3) is 5.91 Å². The number of alkyl halides is 3. The molecule has 11 heteroatoms. The SMILES string of the molecule is O=C(Nc1ccc(OC2CCN(Cc3ccccc3)C2)c(Cl)c1)c1ccsc1.O=C(O)C(F)(F)F. The fraction of sp³-hybridized carbons (Fsp3) is 0.250.